The highest BCUT2D eigenvalue weighted by Gasteiger charge is 2.13. The molecule has 0 unspecified atom stereocenters. The van der Waals surface area contributed by atoms with E-state index in [1.54, 1.807) is 24.3 Å². The van der Waals surface area contributed by atoms with Gasteiger partial charge in [-0.3, -0.25) is 14.4 Å². The molecule has 2 aromatic carbocycles. The first-order valence-corrected chi connectivity index (χ1v) is 9.89. The molecule has 0 heterocycles. The summed E-state index contributed by atoms with van der Waals surface area (Å²) in [5.74, 6) is -1.75. The molecule has 0 saturated heterocycles. The van der Waals surface area contributed by atoms with Crippen molar-refractivity contribution in [2.75, 3.05) is 32.2 Å². The Labute approximate surface area is 189 Å². The number of nitrogens with one attached hydrogen (secondary N) is 3. The fourth-order valence-corrected chi connectivity index (χ4v) is 2.66. The molecule has 0 spiro atoms. The number of anilines is 1. The molecule has 0 aliphatic heterocycles. The van der Waals surface area contributed by atoms with E-state index in [1.807, 2.05) is 0 Å². The molecule has 10 heteroatoms. The van der Waals surface area contributed by atoms with Gasteiger partial charge < -0.3 is 25.4 Å². The van der Waals surface area contributed by atoms with Gasteiger partial charge in [-0.25, -0.2) is 4.39 Å². The second kappa shape index (κ2) is 12.4. The third-order valence-electron chi connectivity index (χ3n) is 4.01. The van der Waals surface area contributed by atoms with E-state index in [9.17, 15) is 18.8 Å². The van der Waals surface area contributed by atoms with Gasteiger partial charge in [0, 0.05) is 31.8 Å². The first-order valence-electron chi connectivity index (χ1n) is 9.51. The summed E-state index contributed by atoms with van der Waals surface area (Å²) in [5.41, 5.74) is 1.01. The standard InChI is InChI=1S/C22H23ClFN3O5/c1-14(26-21(29)13-32-15-7-8-17(23)18(24)11-15)9-10-25-22(30)16-5-3-4-6-19(16)27-20(28)12-31-2/h3-8,11H,1,9-10,12-13H2,2H3,(H,25,30)(H,26,29)(H,27,28). The van der Waals surface area contributed by atoms with Crippen molar-refractivity contribution in [1.29, 1.82) is 0 Å². The molecule has 2 aromatic rings. The molecular weight excluding hydrogens is 441 g/mol. The molecule has 8 nitrogen and oxygen atoms in total. The van der Waals surface area contributed by atoms with Crippen molar-refractivity contribution in [2.45, 2.75) is 6.42 Å². The number of ether oxygens (including phenoxy) is 2. The van der Waals surface area contributed by atoms with Crippen LogP contribution in [0.2, 0.25) is 5.02 Å². The zero-order valence-corrected chi connectivity index (χ0v) is 18.1. The van der Waals surface area contributed by atoms with Gasteiger partial charge in [0.05, 0.1) is 16.3 Å². The highest BCUT2D eigenvalue weighted by molar-refractivity contribution is 6.30. The average Bonchev–Trinajstić information content (AvgIpc) is 2.75. The lowest BCUT2D eigenvalue weighted by atomic mass is 10.1. The van der Waals surface area contributed by atoms with Crippen molar-refractivity contribution < 1.29 is 28.2 Å². The summed E-state index contributed by atoms with van der Waals surface area (Å²) in [4.78, 5) is 36.1. The number of methoxy groups -OCH3 is 1. The molecule has 170 valence electrons. The molecule has 3 amide bonds. The molecule has 0 aliphatic carbocycles. The highest BCUT2D eigenvalue weighted by Crippen LogP contribution is 2.20. The number of carbonyl (C=O) groups is 3. The number of carbonyl (C=O) groups excluding carboxylic acids is 3. The Morgan fingerprint density at radius 2 is 1.84 bits per heavy atom. The van der Waals surface area contributed by atoms with E-state index in [0.717, 1.165) is 6.07 Å². The Kier molecular flexibility index (Phi) is 9.65. The summed E-state index contributed by atoms with van der Waals surface area (Å²) in [6, 6.07) is 10.4. The third kappa shape index (κ3) is 8.01. The molecular formula is C22H23ClFN3O5. The molecule has 0 radical (unpaired) electrons. The van der Waals surface area contributed by atoms with Crippen LogP contribution < -0.4 is 20.7 Å². The number of rotatable bonds is 11. The predicted octanol–water partition coefficient (Wildman–Crippen LogP) is 2.89. The number of hydrogen-bond acceptors (Lipinski definition) is 5. The molecule has 32 heavy (non-hydrogen) atoms. The molecule has 0 aliphatic rings. The van der Waals surface area contributed by atoms with Crippen LogP contribution in [0.25, 0.3) is 0 Å². The molecule has 3 N–H and O–H groups in total. The Bertz CT molecular complexity index is 999. The number of benzene rings is 2. The van der Waals surface area contributed by atoms with Gasteiger partial charge in [-0.2, -0.15) is 0 Å². The summed E-state index contributed by atoms with van der Waals surface area (Å²) in [5, 5.41) is 7.80. The van der Waals surface area contributed by atoms with E-state index in [-0.39, 0.29) is 48.4 Å². The fourth-order valence-electron chi connectivity index (χ4n) is 2.54. The number of para-hydroxylation sites is 1. The van der Waals surface area contributed by atoms with Crippen molar-refractivity contribution in [3.05, 3.63) is 71.1 Å². The van der Waals surface area contributed by atoms with Gasteiger partial charge in [0.25, 0.3) is 11.8 Å². The lowest BCUT2D eigenvalue weighted by Crippen LogP contribution is -2.31. The summed E-state index contributed by atoms with van der Waals surface area (Å²) in [7, 11) is 1.40. The molecule has 0 fully saturated rings. The van der Waals surface area contributed by atoms with Crippen LogP contribution in [0.4, 0.5) is 10.1 Å². The van der Waals surface area contributed by atoms with E-state index in [2.05, 4.69) is 22.5 Å². The van der Waals surface area contributed by atoms with Crippen LogP contribution in [0.5, 0.6) is 5.75 Å². The lowest BCUT2D eigenvalue weighted by molar-refractivity contribution is -0.122. The minimum Gasteiger partial charge on any atom is -0.484 e. The molecule has 2 rings (SSSR count). The Hall–Kier alpha value is -3.43. The van der Waals surface area contributed by atoms with E-state index in [1.165, 1.54) is 19.2 Å². The second-order valence-corrected chi connectivity index (χ2v) is 6.96. The Morgan fingerprint density at radius 1 is 1.09 bits per heavy atom. The van der Waals surface area contributed by atoms with Crippen LogP contribution in [-0.2, 0) is 14.3 Å². The van der Waals surface area contributed by atoms with Gasteiger partial charge >= 0.3 is 0 Å². The van der Waals surface area contributed by atoms with Gasteiger partial charge in [0.15, 0.2) is 6.61 Å². The van der Waals surface area contributed by atoms with Crippen LogP contribution in [-0.4, -0.2) is 44.6 Å². The van der Waals surface area contributed by atoms with Crippen LogP contribution in [0.1, 0.15) is 16.8 Å². The fraction of sp³-hybridized carbons (Fsp3) is 0.227. The quantitative estimate of drug-likeness (QED) is 0.475. The van der Waals surface area contributed by atoms with E-state index < -0.39 is 17.6 Å². The van der Waals surface area contributed by atoms with Crippen LogP contribution in [0.15, 0.2) is 54.7 Å². The largest absolute Gasteiger partial charge is 0.484 e. The third-order valence-corrected chi connectivity index (χ3v) is 4.32. The van der Waals surface area contributed by atoms with E-state index in [4.69, 9.17) is 21.1 Å². The summed E-state index contributed by atoms with van der Waals surface area (Å²) in [6.45, 7) is 3.45. The maximum Gasteiger partial charge on any atom is 0.262 e. The summed E-state index contributed by atoms with van der Waals surface area (Å²) >= 11 is 5.59. The monoisotopic (exact) mass is 463 g/mol. The minimum atomic E-state index is -0.649. The summed E-state index contributed by atoms with van der Waals surface area (Å²) in [6.07, 6.45) is 0.269. The normalized spacial score (nSPS) is 10.2. The minimum absolute atomic E-state index is 0.0443. The smallest absolute Gasteiger partial charge is 0.262 e. The number of hydrogen-bond donors (Lipinski definition) is 3. The van der Waals surface area contributed by atoms with Crippen molar-refractivity contribution in [1.82, 2.24) is 10.6 Å². The van der Waals surface area contributed by atoms with Gasteiger partial charge in [-0.15, -0.1) is 0 Å². The molecule has 0 saturated carbocycles. The molecule has 0 aromatic heterocycles. The SMILES string of the molecule is C=C(CCNC(=O)c1ccccc1NC(=O)COC)NC(=O)COc1ccc(Cl)c(F)c1. The molecule has 0 bridgehead atoms. The van der Waals surface area contributed by atoms with Gasteiger partial charge in [-0.05, 0) is 24.3 Å². The number of amides is 3. The number of halogens is 2. The first kappa shape index (κ1) is 24.8. The lowest BCUT2D eigenvalue weighted by Gasteiger charge is -2.12. The summed E-state index contributed by atoms with van der Waals surface area (Å²) < 4.78 is 23.3. The van der Waals surface area contributed by atoms with Gasteiger partial charge in [-0.1, -0.05) is 30.3 Å². The van der Waals surface area contributed by atoms with E-state index >= 15 is 0 Å². The highest BCUT2D eigenvalue weighted by atomic mass is 35.5. The topological polar surface area (TPSA) is 106 Å². The maximum atomic E-state index is 13.4. The molecule has 0 atom stereocenters. The van der Waals surface area contributed by atoms with Gasteiger partial charge in [0.2, 0.25) is 5.91 Å². The average molecular weight is 464 g/mol. The van der Waals surface area contributed by atoms with Crippen molar-refractivity contribution >= 4 is 35.0 Å². The Morgan fingerprint density at radius 3 is 2.56 bits per heavy atom. The zero-order chi connectivity index (χ0) is 23.5. The first-order chi connectivity index (χ1) is 15.3. The maximum absolute atomic E-state index is 13.4. The van der Waals surface area contributed by atoms with Crippen molar-refractivity contribution in [2.24, 2.45) is 0 Å². The Balaban J connectivity index is 1.76. The van der Waals surface area contributed by atoms with Crippen molar-refractivity contribution in [3.63, 3.8) is 0 Å². The van der Waals surface area contributed by atoms with Crippen molar-refractivity contribution in [3.8, 4) is 5.75 Å². The van der Waals surface area contributed by atoms with E-state index in [0.29, 0.717) is 11.4 Å². The zero-order valence-electron chi connectivity index (χ0n) is 17.4. The predicted molar refractivity (Wildman–Crippen MR) is 118 cm³/mol. The van der Waals surface area contributed by atoms with Crippen LogP contribution in [0, 0.1) is 5.82 Å². The van der Waals surface area contributed by atoms with Gasteiger partial charge in [0.1, 0.15) is 18.2 Å². The van der Waals surface area contributed by atoms with Crippen LogP contribution >= 0.6 is 11.6 Å². The second-order valence-electron chi connectivity index (χ2n) is 6.55. The van der Waals surface area contributed by atoms with Crippen LogP contribution in [0.3, 0.4) is 0 Å².